The lowest BCUT2D eigenvalue weighted by molar-refractivity contribution is -0.122. The summed E-state index contributed by atoms with van der Waals surface area (Å²) in [5.74, 6) is 1.30. The van der Waals surface area contributed by atoms with Crippen molar-refractivity contribution in [2.75, 3.05) is 18.4 Å². The van der Waals surface area contributed by atoms with Gasteiger partial charge in [-0.3, -0.25) is 4.79 Å². The van der Waals surface area contributed by atoms with E-state index in [9.17, 15) is 4.79 Å². The Balaban J connectivity index is 1.56. The van der Waals surface area contributed by atoms with Gasteiger partial charge in [0.25, 0.3) is 0 Å². The van der Waals surface area contributed by atoms with Crippen LogP contribution in [0, 0.1) is 5.92 Å². The lowest BCUT2D eigenvalue weighted by Crippen LogP contribution is -2.30. The highest BCUT2D eigenvalue weighted by Gasteiger charge is 2.28. The van der Waals surface area contributed by atoms with E-state index in [0.717, 1.165) is 29.8 Å². The molecule has 1 fully saturated rings. The van der Waals surface area contributed by atoms with Crippen molar-refractivity contribution < 1.29 is 4.79 Å². The summed E-state index contributed by atoms with van der Waals surface area (Å²) >= 11 is 0. The molecule has 1 amide bonds. The molecule has 19 heavy (non-hydrogen) atoms. The van der Waals surface area contributed by atoms with Crippen LogP contribution in [-0.2, 0) is 11.8 Å². The van der Waals surface area contributed by atoms with Crippen LogP contribution >= 0.6 is 0 Å². The number of benzene rings is 1. The quantitative estimate of drug-likeness (QED) is 0.799. The van der Waals surface area contributed by atoms with Gasteiger partial charge in [0.05, 0.1) is 11.0 Å². The van der Waals surface area contributed by atoms with E-state index in [4.69, 9.17) is 0 Å². The van der Waals surface area contributed by atoms with Gasteiger partial charge < -0.3 is 15.2 Å². The number of anilines is 1. The van der Waals surface area contributed by atoms with Crippen LogP contribution in [0.25, 0.3) is 11.0 Å². The van der Waals surface area contributed by atoms with Crippen molar-refractivity contribution in [2.45, 2.75) is 12.8 Å². The van der Waals surface area contributed by atoms with Crippen LogP contribution in [-0.4, -0.2) is 28.5 Å². The first kappa shape index (κ1) is 12.0. The number of aryl methyl sites for hydroxylation is 1. The van der Waals surface area contributed by atoms with Crippen molar-refractivity contribution in [3.05, 3.63) is 24.3 Å². The fraction of sp³-hybridized carbons (Fsp3) is 0.429. The second kappa shape index (κ2) is 4.91. The first-order valence-electron chi connectivity index (χ1n) is 6.69. The van der Waals surface area contributed by atoms with Gasteiger partial charge in [-0.1, -0.05) is 12.1 Å². The highest BCUT2D eigenvalue weighted by Crippen LogP contribution is 2.28. The summed E-state index contributed by atoms with van der Waals surface area (Å²) < 4.78 is 2.03. The van der Waals surface area contributed by atoms with Gasteiger partial charge in [-0.25, -0.2) is 4.98 Å². The zero-order valence-electron chi connectivity index (χ0n) is 11.0. The highest BCUT2D eigenvalue weighted by atomic mass is 16.2. The number of hydrogen-bond acceptors (Lipinski definition) is 3. The van der Waals surface area contributed by atoms with Gasteiger partial charge in [-0.15, -0.1) is 0 Å². The summed E-state index contributed by atoms with van der Waals surface area (Å²) in [6.45, 7) is 1.33. The van der Waals surface area contributed by atoms with Crippen molar-refractivity contribution in [1.82, 2.24) is 14.9 Å². The Labute approximate surface area is 112 Å². The van der Waals surface area contributed by atoms with Crippen LogP contribution in [0.2, 0.25) is 0 Å². The Bertz CT molecular complexity index is 601. The molecule has 1 aliphatic carbocycles. The molecule has 0 saturated heterocycles. The largest absolute Gasteiger partial charge is 0.354 e. The molecule has 1 aromatic carbocycles. The van der Waals surface area contributed by atoms with Crippen molar-refractivity contribution in [2.24, 2.45) is 13.0 Å². The van der Waals surface area contributed by atoms with Crippen molar-refractivity contribution >= 4 is 22.9 Å². The third-order valence-corrected chi connectivity index (χ3v) is 3.44. The number of aromatic nitrogens is 2. The summed E-state index contributed by atoms with van der Waals surface area (Å²) in [5, 5.41) is 6.18. The normalized spacial score (nSPS) is 14.6. The molecule has 0 radical (unpaired) electrons. The fourth-order valence-electron chi connectivity index (χ4n) is 2.15. The Kier molecular flexibility index (Phi) is 3.11. The van der Waals surface area contributed by atoms with E-state index in [1.807, 2.05) is 35.9 Å². The maximum absolute atomic E-state index is 11.5. The van der Waals surface area contributed by atoms with Gasteiger partial charge in [-0.05, 0) is 25.0 Å². The summed E-state index contributed by atoms with van der Waals surface area (Å²) in [6.07, 6.45) is 2.09. The standard InChI is InChI=1S/C14H18N4O/c1-18-12-5-3-2-4-11(12)17-14(18)16-9-8-15-13(19)10-6-7-10/h2-5,10H,6-9H2,1H3,(H,15,19)(H,16,17). The van der Waals surface area contributed by atoms with Crippen LogP contribution in [0.5, 0.6) is 0 Å². The number of nitrogens with zero attached hydrogens (tertiary/aromatic N) is 2. The maximum Gasteiger partial charge on any atom is 0.223 e. The van der Waals surface area contributed by atoms with E-state index in [2.05, 4.69) is 15.6 Å². The molecule has 0 unspecified atom stereocenters. The number of carbonyl (C=O) groups is 1. The molecule has 0 spiro atoms. The maximum atomic E-state index is 11.5. The third-order valence-electron chi connectivity index (χ3n) is 3.44. The lowest BCUT2D eigenvalue weighted by atomic mass is 10.3. The zero-order valence-corrected chi connectivity index (χ0v) is 11.0. The van der Waals surface area contributed by atoms with Crippen LogP contribution in [0.3, 0.4) is 0 Å². The Morgan fingerprint density at radius 3 is 2.89 bits per heavy atom. The molecule has 0 aliphatic heterocycles. The predicted octanol–water partition coefficient (Wildman–Crippen LogP) is 1.51. The van der Waals surface area contributed by atoms with Crippen molar-refractivity contribution in [1.29, 1.82) is 0 Å². The minimum atomic E-state index is 0.187. The summed E-state index contributed by atoms with van der Waals surface area (Å²) in [6, 6.07) is 8.02. The van der Waals surface area contributed by atoms with Crippen LogP contribution in [0.1, 0.15) is 12.8 Å². The van der Waals surface area contributed by atoms with Crippen LogP contribution in [0.4, 0.5) is 5.95 Å². The summed E-state index contributed by atoms with van der Waals surface area (Å²) in [4.78, 5) is 16.0. The number of amides is 1. The monoisotopic (exact) mass is 258 g/mol. The Hall–Kier alpha value is -2.04. The molecule has 0 bridgehead atoms. The molecule has 100 valence electrons. The molecule has 2 N–H and O–H groups in total. The smallest absolute Gasteiger partial charge is 0.223 e. The second-order valence-corrected chi connectivity index (χ2v) is 4.98. The van der Waals surface area contributed by atoms with Gasteiger partial charge in [0.2, 0.25) is 11.9 Å². The number of hydrogen-bond donors (Lipinski definition) is 2. The molecule has 5 heteroatoms. The Morgan fingerprint density at radius 1 is 1.37 bits per heavy atom. The average molecular weight is 258 g/mol. The number of carbonyl (C=O) groups excluding carboxylic acids is 1. The molecule has 2 aromatic rings. The fourth-order valence-corrected chi connectivity index (χ4v) is 2.15. The van der Waals surface area contributed by atoms with Crippen LogP contribution < -0.4 is 10.6 Å². The molecule has 1 saturated carbocycles. The van der Waals surface area contributed by atoms with Gasteiger partial charge in [0, 0.05) is 26.1 Å². The van der Waals surface area contributed by atoms with Crippen molar-refractivity contribution in [3.63, 3.8) is 0 Å². The second-order valence-electron chi connectivity index (χ2n) is 4.98. The van der Waals surface area contributed by atoms with E-state index in [1.54, 1.807) is 0 Å². The minimum Gasteiger partial charge on any atom is -0.354 e. The van der Waals surface area contributed by atoms with Gasteiger partial charge in [0.1, 0.15) is 0 Å². The Morgan fingerprint density at radius 2 is 2.16 bits per heavy atom. The van der Waals surface area contributed by atoms with Gasteiger partial charge >= 0.3 is 0 Å². The zero-order chi connectivity index (χ0) is 13.2. The number of para-hydroxylation sites is 2. The van der Waals surface area contributed by atoms with Crippen molar-refractivity contribution in [3.8, 4) is 0 Å². The topological polar surface area (TPSA) is 59.0 Å². The molecule has 1 aliphatic rings. The molecule has 3 rings (SSSR count). The number of fused-ring (bicyclic) bond motifs is 1. The summed E-state index contributed by atoms with van der Waals surface area (Å²) in [7, 11) is 1.99. The minimum absolute atomic E-state index is 0.187. The number of imidazole rings is 1. The molecule has 0 atom stereocenters. The van der Waals surface area contributed by atoms with E-state index in [1.165, 1.54) is 0 Å². The van der Waals surface area contributed by atoms with E-state index in [-0.39, 0.29) is 11.8 Å². The molecule has 5 nitrogen and oxygen atoms in total. The van der Waals surface area contributed by atoms with Gasteiger partial charge in [0.15, 0.2) is 0 Å². The predicted molar refractivity (Wildman–Crippen MR) is 74.9 cm³/mol. The lowest BCUT2D eigenvalue weighted by Gasteiger charge is -2.07. The number of nitrogens with one attached hydrogen (secondary N) is 2. The molecule has 1 aromatic heterocycles. The summed E-state index contributed by atoms with van der Waals surface area (Å²) in [5.41, 5.74) is 2.08. The average Bonchev–Trinajstić information content (AvgIpc) is 3.22. The SMILES string of the molecule is Cn1c(NCCNC(=O)C2CC2)nc2ccccc21. The third kappa shape index (κ3) is 2.54. The highest BCUT2D eigenvalue weighted by molar-refractivity contribution is 5.81. The first-order valence-corrected chi connectivity index (χ1v) is 6.69. The molecular formula is C14H18N4O. The van der Waals surface area contributed by atoms with E-state index >= 15 is 0 Å². The van der Waals surface area contributed by atoms with E-state index in [0.29, 0.717) is 13.1 Å². The molecule has 1 heterocycles. The van der Waals surface area contributed by atoms with Gasteiger partial charge in [-0.2, -0.15) is 0 Å². The number of rotatable bonds is 5. The van der Waals surface area contributed by atoms with Crippen LogP contribution in [0.15, 0.2) is 24.3 Å². The molecular weight excluding hydrogens is 240 g/mol. The van der Waals surface area contributed by atoms with E-state index < -0.39 is 0 Å². The first-order chi connectivity index (χ1) is 9.25.